The van der Waals surface area contributed by atoms with Gasteiger partial charge in [-0.15, -0.1) is 0 Å². The molecule has 22 heavy (non-hydrogen) atoms. The molecule has 114 valence electrons. The molecule has 0 spiro atoms. The molecule has 1 N–H and O–H groups in total. The van der Waals surface area contributed by atoms with Crippen LogP contribution in [0.1, 0.15) is 42.7 Å². The first-order valence-electron chi connectivity index (χ1n) is 8.03. The van der Waals surface area contributed by atoms with Crippen molar-refractivity contribution in [2.24, 2.45) is 5.92 Å². The molecule has 1 fully saturated rings. The Morgan fingerprint density at radius 2 is 1.36 bits per heavy atom. The molecule has 0 aliphatic heterocycles. The molecular weight excluding hydrogens is 272 g/mol. The summed E-state index contributed by atoms with van der Waals surface area (Å²) >= 11 is 0. The Balaban J connectivity index is 1.70. The van der Waals surface area contributed by atoms with Gasteiger partial charge in [0.1, 0.15) is 0 Å². The molecule has 2 aromatic carbocycles. The molecule has 1 aliphatic carbocycles. The number of carboxylic acids is 1. The van der Waals surface area contributed by atoms with Gasteiger partial charge < -0.3 is 5.11 Å². The van der Waals surface area contributed by atoms with E-state index >= 15 is 0 Å². The third-order valence-corrected chi connectivity index (χ3v) is 4.84. The van der Waals surface area contributed by atoms with Gasteiger partial charge in [0.2, 0.25) is 0 Å². The monoisotopic (exact) mass is 294 g/mol. The number of carbonyl (C=O) groups is 1. The maximum absolute atomic E-state index is 11.0. The van der Waals surface area contributed by atoms with Crippen molar-refractivity contribution in [3.8, 4) is 11.1 Å². The van der Waals surface area contributed by atoms with Crippen molar-refractivity contribution < 1.29 is 9.90 Å². The molecule has 0 unspecified atom stereocenters. The van der Waals surface area contributed by atoms with Crippen molar-refractivity contribution in [3.63, 3.8) is 0 Å². The average Bonchev–Trinajstić information content (AvgIpc) is 2.56. The molecule has 0 heterocycles. The number of aryl methyl sites for hydroxylation is 1. The molecule has 1 saturated carbocycles. The van der Waals surface area contributed by atoms with Crippen molar-refractivity contribution in [1.29, 1.82) is 0 Å². The Morgan fingerprint density at radius 1 is 0.864 bits per heavy atom. The van der Waals surface area contributed by atoms with E-state index in [4.69, 9.17) is 5.11 Å². The molecular formula is C20H22O2. The third-order valence-electron chi connectivity index (χ3n) is 4.84. The van der Waals surface area contributed by atoms with Gasteiger partial charge in [-0.3, -0.25) is 4.79 Å². The van der Waals surface area contributed by atoms with E-state index in [-0.39, 0.29) is 5.92 Å². The van der Waals surface area contributed by atoms with E-state index in [9.17, 15) is 4.79 Å². The van der Waals surface area contributed by atoms with Crippen LogP contribution in [0.4, 0.5) is 0 Å². The zero-order valence-electron chi connectivity index (χ0n) is 13.0. The van der Waals surface area contributed by atoms with Crippen LogP contribution < -0.4 is 0 Å². The number of carboxylic acid groups (broad SMARTS) is 1. The average molecular weight is 294 g/mol. The summed E-state index contributed by atoms with van der Waals surface area (Å²) < 4.78 is 0. The highest BCUT2D eigenvalue weighted by molar-refractivity contribution is 5.70. The van der Waals surface area contributed by atoms with Gasteiger partial charge in [-0.2, -0.15) is 0 Å². The first-order chi connectivity index (χ1) is 10.6. The fraction of sp³-hybridized carbons (Fsp3) is 0.350. The zero-order chi connectivity index (χ0) is 15.5. The van der Waals surface area contributed by atoms with Crippen LogP contribution in [0.2, 0.25) is 0 Å². The lowest BCUT2D eigenvalue weighted by molar-refractivity contribution is -0.142. The summed E-state index contributed by atoms with van der Waals surface area (Å²) in [6.07, 6.45) is 3.58. The molecule has 0 atom stereocenters. The van der Waals surface area contributed by atoms with Crippen molar-refractivity contribution in [2.75, 3.05) is 0 Å². The van der Waals surface area contributed by atoms with E-state index in [1.165, 1.54) is 22.3 Å². The Bertz CT molecular complexity index is 632. The van der Waals surface area contributed by atoms with Crippen LogP contribution in [0.25, 0.3) is 11.1 Å². The highest BCUT2D eigenvalue weighted by atomic mass is 16.4. The first-order valence-corrected chi connectivity index (χ1v) is 8.03. The van der Waals surface area contributed by atoms with E-state index < -0.39 is 5.97 Å². The minimum Gasteiger partial charge on any atom is -0.481 e. The zero-order valence-corrected chi connectivity index (χ0v) is 13.0. The number of hydrogen-bond acceptors (Lipinski definition) is 1. The SMILES string of the molecule is Cc1ccc(-c2ccc(C3CCC(C(=O)O)CC3)cc2)cc1. The predicted molar refractivity (Wildman–Crippen MR) is 88.9 cm³/mol. The largest absolute Gasteiger partial charge is 0.481 e. The van der Waals surface area contributed by atoms with Gasteiger partial charge >= 0.3 is 5.97 Å². The van der Waals surface area contributed by atoms with Gasteiger partial charge in [-0.1, -0.05) is 54.1 Å². The molecule has 0 bridgehead atoms. The van der Waals surface area contributed by atoms with Crippen molar-refractivity contribution in [3.05, 3.63) is 59.7 Å². The Kier molecular flexibility index (Phi) is 4.28. The molecule has 2 nitrogen and oxygen atoms in total. The number of benzene rings is 2. The van der Waals surface area contributed by atoms with Crippen LogP contribution in [0.5, 0.6) is 0 Å². The first kappa shape index (κ1) is 14.8. The second-order valence-corrected chi connectivity index (χ2v) is 6.37. The second kappa shape index (κ2) is 6.35. The Morgan fingerprint density at radius 3 is 1.86 bits per heavy atom. The van der Waals surface area contributed by atoms with E-state index in [1.807, 2.05) is 0 Å². The minimum atomic E-state index is -0.631. The minimum absolute atomic E-state index is 0.136. The molecule has 0 saturated heterocycles. The molecule has 3 rings (SSSR count). The molecule has 0 amide bonds. The van der Waals surface area contributed by atoms with E-state index in [1.54, 1.807) is 0 Å². The summed E-state index contributed by atoms with van der Waals surface area (Å²) in [5.41, 5.74) is 5.10. The van der Waals surface area contributed by atoms with Crippen LogP contribution in [0, 0.1) is 12.8 Å². The second-order valence-electron chi connectivity index (χ2n) is 6.37. The lowest BCUT2D eigenvalue weighted by Crippen LogP contribution is -2.20. The molecule has 1 aliphatic rings. The Labute approximate surface area is 131 Å². The molecule has 0 radical (unpaired) electrons. The van der Waals surface area contributed by atoms with E-state index in [0.717, 1.165) is 25.7 Å². The van der Waals surface area contributed by atoms with Crippen LogP contribution in [-0.2, 0) is 4.79 Å². The summed E-state index contributed by atoms with van der Waals surface area (Å²) in [4.78, 5) is 11.0. The quantitative estimate of drug-likeness (QED) is 0.863. The van der Waals surface area contributed by atoms with Crippen LogP contribution in [-0.4, -0.2) is 11.1 Å². The van der Waals surface area contributed by atoms with Crippen molar-refractivity contribution in [1.82, 2.24) is 0 Å². The van der Waals surface area contributed by atoms with Gasteiger partial charge in [0, 0.05) is 0 Å². The van der Waals surface area contributed by atoms with Crippen molar-refractivity contribution >= 4 is 5.97 Å². The topological polar surface area (TPSA) is 37.3 Å². The van der Waals surface area contributed by atoms with Gasteiger partial charge in [0.15, 0.2) is 0 Å². The van der Waals surface area contributed by atoms with Crippen LogP contribution >= 0.6 is 0 Å². The summed E-state index contributed by atoms with van der Waals surface area (Å²) in [5.74, 6) is -0.251. The van der Waals surface area contributed by atoms with Gasteiger partial charge in [-0.05, 0) is 55.2 Å². The van der Waals surface area contributed by atoms with E-state index in [0.29, 0.717) is 5.92 Å². The van der Waals surface area contributed by atoms with E-state index in [2.05, 4.69) is 55.5 Å². The normalized spacial score (nSPS) is 21.5. The maximum Gasteiger partial charge on any atom is 0.306 e. The summed E-state index contributed by atoms with van der Waals surface area (Å²) in [7, 11) is 0. The van der Waals surface area contributed by atoms with Crippen molar-refractivity contribution in [2.45, 2.75) is 38.5 Å². The van der Waals surface area contributed by atoms with Crippen LogP contribution in [0.15, 0.2) is 48.5 Å². The number of hydrogen-bond donors (Lipinski definition) is 1. The fourth-order valence-corrected chi connectivity index (χ4v) is 3.37. The van der Waals surface area contributed by atoms with Gasteiger partial charge in [0.25, 0.3) is 0 Å². The smallest absolute Gasteiger partial charge is 0.306 e. The molecule has 2 heteroatoms. The Hall–Kier alpha value is -2.09. The lowest BCUT2D eigenvalue weighted by Gasteiger charge is -2.26. The highest BCUT2D eigenvalue weighted by Gasteiger charge is 2.26. The van der Waals surface area contributed by atoms with Gasteiger partial charge in [0.05, 0.1) is 5.92 Å². The highest BCUT2D eigenvalue weighted by Crippen LogP contribution is 2.36. The fourth-order valence-electron chi connectivity index (χ4n) is 3.37. The predicted octanol–water partition coefficient (Wildman–Crippen LogP) is 5.02. The third kappa shape index (κ3) is 3.22. The van der Waals surface area contributed by atoms with Crippen LogP contribution in [0.3, 0.4) is 0 Å². The lowest BCUT2D eigenvalue weighted by atomic mass is 9.78. The number of rotatable bonds is 3. The summed E-state index contributed by atoms with van der Waals surface area (Å²) in [6, 6.07) is 17.4. The molecule has 0 aromatic heterocycles. The molecule has 2 aromatic rings. The van der Waals surface area contributed by atoms with Gasteiger partial charge in [-0.25, -0.2) is 0 Å². The number of aliphatic carboxylic acids is 1. The summed E-state index contributed by atoms with van der Waals surface area (Å²) in [6.45, 7) is 2.10. The summed E-state index contributed by atoms with van der Waals surface area (Å²) in [5, 5.41) is 9.08. The maximum atomic E-state index is 11.0. The standard InChI is InChI=1S/C20H22O2/c1-14-2-4-15(5-3-14)16-6-8-17(9-7-16)18-10-12-19(13-11-18)20(21)22/h2-9,18-19H,10-13H2,1H3,(H,21,22).